The molecule has 0 heterocycles. The molecule has 4 heteroatoms. The van der Waals surface area contributed by atoms with Crippen LogP contribution in [-0.4, -0.2) is 13.4 Å². The number of carbonyl (C=O) groups excluding carboxylic acids is 1. The van der Waals surface area contributed by atoms with Gasteiger partial charge in [0.25, 0.3) is 0 Å². The molecule has 3 nitrogen and oxygen atoms in total. The monoisotopic (exact) mass is 260 g/mol. The largest absolute Gasteiger partial charge is 0.497 e. The molecule has 19 heavy (non-hydrogen) atoms. The number of methoxy groups -OCH3 is 1. The predicted molar refractivity (Wildman–Crippen MR) is 69.1 cm³/mol. The molecule has 0 aromatic heterocycles. The van der Waals surface area contributed by atoms with Crippen molar-refractivity contribution >= 4 is 6.29 Å². The molecule has 0 spiro atoms. The maximum atomic E-state index is 13.2. The van der Waals surface area contributed by atoms with E-state index >= 15 is 0 Å². The van der Waals surface area contributed by atoms with Crippen molar-refractivity contribution in [2.45, 2.75) is 6.61 Å². The van der Waals surface area contributed by atoms with Crippen molar-refractivity contribution < 1.29 is 18.7 Å². The molecule has 0 bridgehead atoms. The zero-order valence-corrected chi connectivity index (χ0v) is 10.4. The molecule has 0 aliphatic rings. The summed E-state index contributed by atoms with van der Waals surface area (Å²) < 4.78 is 23.8. The number of hydrogen-bond acceptors (Lipinski definition) is 3. The van der Waals surface area contributed by atoms with E-state index in [2.05, 4.69) is 0 Å². The fourth-order valence-corrected chi connectivity index (χ4v) is 1.66. The summed E-state index contributed by atoms with van der Waals surface area (Å²) in [6.07, 6.45) is 0.585. The lowest BCUT2D eigenvalue weighted by Crippen LogP contribution is -1.97. The highest BCUT2D eigenvalue weighted by Gasteiger charge is 2.02. The Morgan fingerprint density at radius 1 is 1.16 bits per heavy atom. The normalized spacial score (nSPS) is 10.0. The lowest BCUT2D eigenvalue weighted by atomic mass is 10.2. The molecule has 2 aromatic rings. The lowest BCUT2D eigenvalue weighted by molar-refractivity contribution is 0.112. The van der Waals surface area contributed by atoms with Gasteiger partial charge in [0.15, 0.2) is 0 Å². The van der Waals surface area contributed by atoms with E-state index in [9.17, 15) is 9.18 Å². The smallest absolute Gasteiger partial charge is 0.150 e. The third kappa shape index (κ3) is 3.55. The van der Waals surface area contributed by atoms with E-state index in [1.165, 1.54) is 12.1 Å². The Balaban J connectivity index is 2.09. The molecule has 0 saturated heterocycles. The van der Waals surface area contributed by atoms with Gasteiger partial charge in [-0.05, 0) is 29.8 Å². The fourth-order valence-electron chi connectivity index (χ4n) is 1.66. The first kappa shape index (κ1) is 13.1. The molecular formula is C15H13FO3. The number of halogens is 1. The van der Waals surface area contributed by atoms with E-state index in [0.29, 0.717) is 12.0 Å². The van der Waals surface area contributed by atoms with Crippen molar-refractivity contribution in [1.29, 1.82) is 0 Å². The van der Waals surface area contributed by atoms with Crippen LogP contribution in [-0.2, 0) is 6.61 Å². The Morgan fingerprint density at radius 3 is 2.74 bits per heavy atom. The fraction of sp³-hybridized carbons (Fsp3) is 0.133. The second kappa shape index (κ2) is 6.00. The second-order valence-corrected chi connectivity index (χ2v) is 3.98. The van der Waals surface area contributed by atoms with Gasteiger partial charge in [-0.25, -0.2) is 4.39 Å². The third-order valence-corrected chi connectivity index (χ3v) is 2.57. The lowest BCUT2D eigenvalue weighted by Gasteiger charge is -2.08. The summed E-state index contributed by atoms with van der Waals surface area (Å²) in [7, 11) is 1.59. The summed E-state index contributed by atoms with van der Waals surface area (Å²) in [6.45, 7) is 0.277. The van der Waals surface area contributed by atoms with Gasteiger partial charge in [0, 0.05) is 11.6 Å². The highest BCUT2D eigenvalue weighted by Crippen LogP contribution is 2.18. The van der Waals surface area contributed by atoms with Crippen molar-refractivity contribution in [2.75, 3.05) is 7.11 Å². The third-order valence-electron chi connectivity index (χ3n) is 2.57. The molecule has 0 fully saturated rings. The average molecular weight is 260 g/mol. The van der Waals surface area contributed by atoms with Gasteiger partial charge in [0.05, 0.1) is 7.11 Å². The first-order chi connectivity index (χ1) is 9.21. The molecule has 2 rings (SSSR count). The first-order valence-electron chi connectivity index (χ1n) is 5.73. The van der Waals surface area contributed by atoms with E-state index in [4.69, 9.17) is 9.47 Å². The number of hydrogen-bond donors (Lipinski definition) is 0. The van der Waals surface area contributed by atoms with Crippen LogP contribution in [0.4, 0.5) is 4.39 Å². The minimum atomic E-state index is -0.495. The van der Waals surface area contributed by atoms with Crippen molar-refractivity contribution in [3.63, 3.8) is 0 Å². The van der Waals surface area contributed by atoms with E-state index in [1.807, 2.05) is 24.3 Å². The topological polar surface area (TPSA) is 35.5 Å². The second-order valence-electron chi connectivity index (χ2n) is 3.98. The van der Waals surface area contributed by atoms with Gasteiger partial charge >= 0.3 is 0 Å². The van der Waals surface area contributed by atoms with Crippen LogP contribution in [0.2, 0.25) is 0 Å². The van der Waals surface area contributed by atoms with Crippen LogP contribution < -0.4 is 9.47 Å². The van der Waals surface area contributed by atoms with Crippen LogP contribution in [0.3, 0.4) is 0 Å². The van der Waals surface area contributed by atoms with E-state index in [1.54, 1.807) is 7.11 Å². The molecule has 0 radical (unpaired) electrons. The summed E-state index contributed by atoms with van der Waals surface area (Å²) in [6, 6.07) is 11.3. The van der Waals surface area contributed by atoms with Gasteiger partial charge in [0.1, 0.15) is 30.2 Å². The quantitative estimate of drug-likeness (QED) is 0.774. The molecule has 0 aliphatic carbocycles. The van der Waals surface area contributed by atoms with Gasteiger partial charge < -0.3 is 9.47 Å². The number of aldehydes is 1. The van der Waals surface area contributed by atoms with Crippen LogP contribution >= 0.6 is 0 Å². The average Bonchev–Trinajstić information content (AvgIpc) is 2.44. The van der Waals surface area contributed by atoms with Gasteiger partial charge in [0.2, 0.25) is 0 Å². The molecule has 0 aliphatic heterocycles. The molecular weight excluding hydrogens is 247 g/mol. The highest BCUT2D eigenvalue weighted by atomic mass is 19.1. The molecule has 98 valence electrons. The molecule has 0 atom stereocenters. The molecule has 0 amide bonds. The van der Waals surface area contributed by atoms with Crippen LogP contribution in [0, 0.1) is 5.82 Å². The van der Waals surface area contributed by atoms with Gasteiger partial charge in [-0.3, -0.25) is 4.79 Å². The molecule has 0 unspecified atom stereocenters. The number of benzene rings is 2. The first-order valence-corrected chi connectivity index (χ1v) is 5.73. The Kier molecular flexibility index (Phi) is 4.13. The summed E-state index contributed by atoms with van der Waals surface area (Å²) in [5.41, 5.74) is 1.15. The van der Waals surface area contributed by atoms with Crippen LogP contribution in [0.1, 0.15) is 15.9 Å². The summed E-state index contributed by atoms with van der Waals surface area (Å²) in [4.78, 5) is 10.6. The van der Waals surface area contributed by atoms with E-state index in [-0.39, 0.29) is 12.2 Å². The minimum Gasteiger partial charge on any atom is -0.497 e. The molecule has 2 aromatic carbocycles. The van der Waals surface area contributed by atoms with E-state index < -0.39 is 5.82 Å². The summed E-state index contributed by atoms with van der Waals surface area (Å²) >= 11 is 0. The summed E-state index contributed by atoms with van der Waals surface area (Å²) in [5.74, 6) is 0.559. The van der Waals surface area contributed by atoms with Gasteiger partial charge in [-0.2, -0.15) is 0 Å². The zero-order valence-electron chi connectivity index (χ0n) is 10.4. The highest BCUT2D eigenvalue weighted by molar-refractivity contribution is 5.75. The van der Waals surface area contributed by atoms with Gasteiger partial charge in [-0.1, -0.05) is 12.1 Å². The Morgan fingerprint density at radius 2 is 2.00 bits per heavy atom. The standard InChI is InChI=1S/C15H13FO3/c1-18-14-4-2-3-11(6-14)10-19-15-7-12(9-17)5-13(16)8-15/h2-9H,10H2,1H3. The Hall–Kier alpha value is -2.36. The number of rotatable bonds is 5. The summed E-state index contributed by atoms with van der Waals surface area (Å²) in [5, 5.41) is 0. The van der Waals surface area contributed by atoms with Crippen molar-refractivity contribution in [3.05, 3.63) is 59.4 Å². The van der Waals surface area contributed by atoms with Crippen LogP contribution in [0.15, 0.2) is 42.5 Å². The molecule has 0 saturated carbocycles. The van der Waals surface area contributed by atoms with Gasteiger partial charge in [-0.15, -0.1) is 0 Å². The minimum absolute atomic E-state index is 0.251. The van der Waals surface area contributed by atoms with Crippen LogP contribution in [0.5, 0.6) is 11.5 Å². The number of ether oxygens (including phenoxy) is 2. The van der Waals surface area contributed by atoms with Crippen molar-refractivity contribution in [3.8, 4) is 11.5 Å². The molecule has 0 N–H and O–H groups in total. The van der Waals surface area contributed by atoms with E-state index in [0.717, 1.165) is 17.4 Å². The Bertz CT molecular complexity index is 581. The van der Waals surface area contributed by atoms with Crippen LogP contribution in [0.25, 0.3) is 0 Å². The SMILES string of the molecule is COc1cccc(COc2cc(F)cc(C=O)c2)c1. The maximum absolute atomic E-state index is 13.2. The van der Waals surface area contributed by atoms with Crippen molar-refractivity contribution in [1.82, 2.24) is 0 Å². The predicted octanol–water partition coefficient (Wildman–Crippen LogP) is 3.23. The number of carbonyl (C=O) groups is 1. The van der Waals surface area contributed by atoms with Crippen molar-refractivity contribution in [2.24, 2.45) is 0 Å². The Labute approximate surface area is 110 Å². The maximum Gasteiger partial charge on any atom is 0.150 e. The zero-order chi connectivity index (χ0) is 13.7.